The molecule has 1 heterocycles. The van der Waals surface area contributed by atoms with Crippen molar-refractivity contribution in [2.24, 2.45) is 0 Å². The molecule has 0 amide bonds. The van der Waals surface area contributed by atoms with E-state index in [1.165, 1.54) is 17.4 Å². The fourth-order valence-electron chi connectivity index (χ4n) is 1.70. The van der Waals surface area contributed by atoms with Crippen LogP contribution in [0.2, 0.25) is 0 Å². The normalized spacial score (nSPS) is 10.3. The van der Waals surface area contributed by atoms with Gasteiger partial charge in [0.1, 0.15) is 0 Å². The van der Waals surface area contributed by atoms with Crippen molar-refractivity contribution in [2.45, 2.75) is 19.8 Å². The molecule has 0 N–H and O–H groups in total. The first kappa shape index (κ1) is 10.7. The summed E-state index contributed by atoms with van der Waals surface area (Å²) in [6.45, 7) is 2.06. The molecule has 0 radical (unpaired) electrons. The number of aryl methyl sites for hydroxylation is 2. The Kier molecular flexibility index (Phi) is 3.20. The van der Waals surface area contributed by atoms with E-state index in [9.17, 15) is 4.79 Å². The lowest BCUT2D eigenvalue weighted by molar-refractivity contribution is 0.0956. The monoisotopic (exact) mass is 214 g/mol. The van der Waals surface area contributed by atoms with Crippen molar-refractivity contribution < 1.29 is 9.21 Å². The maximum absolute atomic E-state index is 11.7. The SMILES string of the molecule is Cc1ccccc1CCC(=O)c1ccco1. The lowest BCUT2D eigenvalue weighted by atomic mass is 10.0. The first-order chi connectivity index (χ1) is 7.77. The van der Waals surface area contributed by atoms with Gasteiger partial charge in [0.15, 0.2) is 11.5 Å². The Bertz CT molecular complexity index is 469. The predicted octanol–water partition coefficient (Wildman–Crippen LogP) is 3.40. The third kappa shape index (κ3) is 2.40. The van der Waals surface area contributed by atoms with Gasteiger partial charge in [-0.15, -0.1) is 0 Å². The van der Waals surface area contributed by atoms with Crippen molar-refractivity contribution in [1.29, 1.82) is 0 Å². The summed E-state index contributed by atoms with van der Waals surface area (Å²) in [6, 6.07) is 11.6. The predicted molar refractivity (Wildman–Crippen MR) is 62.5 cm³/mol. The molecule has 0 spiro atoms. The van der Waals surface area contributed by atoms with Gasteiger partial charge in [0.2, 0.25) is 0 Å². The molecule has 0 aliphatic heterocycles. The highest BCUT2D eigenvalue weighted by Crippen LogP contribution is 2.12. The van der Waals surface area contributed by atoms with Crippen LogP contribution < -0.4 is 0 Å². The van der Waals surface area contributed by atoms with Crippen molar-refractivity contribution >= 4 is 5.78 Å². The molecule has 2 rings (SSSR count). The molecule has 2 nitrogen and oxygen atoms in total. The van der Waals surface area contributed by atoms with E-state index in [2.05, 4.69) is 19.1 Å². The molecule has 0 aliphatic rings. The lowest BCUT2D eigenvalue weighted by Gasteiger charge is -2.03. The van der Waals surface area contributed by atoms with Gasteiger partial charge in [-0.25, -0.2) is 0 Å². The van der Waals surface area contributed by atoms with Crippen LogP contribution in [0.25, 0.3) is 0 Å². The Morgan fingerprint density at radius 2 is 2.00 bits per heavy atom. The van der Waals surface area contributed by atoms with Crippen LogP contribution in [0.3, 0.4) is 0 Å². The zero-order valence-corrected chi connectivity index (χ0v) is 9.27. The van der Waals surface area contributed by atoms with E-state index in [0.29, 0.717) is 12.2 Å². The van der Waals surface area contributed by atoms with Crippen molar-refractivity contribution in [1.82, 2.24) is 0 Å². The van der Waals surface area contributed by atoms with E-state index in [1.54, 1.807) is 12.1 Å². The number of carbonyl (C=O) groups excluding carboxylic acids is 1. The maximum Gasteiger partial charge on any atom is 0.198 e. The minimum absolute atomic E-state index is 0.0632. The van der Waals surface area contributed by atoms with Crippen LogP contribution >= 0.6 is 0 Å². The van der Waals surface area contributed by atoms with Crippen LogP contribution in [-0.2, 0) is 6.42 Å². The first-order valence-corrected chi connectivity index (χ1v) is 5.38. The van der Waals surface area contributed by atoms with Gasteiger partial charge in [-0.05, 0) is 36.6 Å². The molecule has 0 unspecified atom stereocenters. The Labute approximate surface area is 94.9 Å². The highest BCUT2D eigenvalue weighted by Gasteiger charge is 2.09. The summed E-state index contributed by atoms with van der Waals surface area (Å²) in [4.78, 5) is 11.7. The largest absolute Gasteiger partial charge is 0.461 e. The number of furan rings is 1. The molecule has 1 aromatic heterocycles. The second-order valence-corrected chi connectivity index (χ2v) is 3.83. The van der Waals surface area contributed by atoms with Crippen molar-refractivity contribution in [2.75, 3.05) is 0 Å². The van der Waals surface area contributed by atoms with Crippen molar-refractivity contribution in [3.63, 3.8) is 0 Å². The molecule has 2 aromatic rings. The molecule has 16 heavy (non-hydrogen) atoms. The summed E-state index contributed by atoms with van der Waals surface area (Å²) in [5.41, 5.74) is 2.46. The van der Waals surface area contributed by atoms with E-state index >= 15 is 0 Å². The molecule has 82 valence electrons. The third-order valence-electron chi connectivity index (χ3n) is 2.68. The quantitative estimate of drug-likeness (QED) is 0.730. The number of hydrogen-bond donors (Lipinski definition) is 0. The van der Waals surface area contributed by atoms with Crippen LogP contribution in [0.4, 0.5) is 0 Å². The highest BCUT2D eigenvalue weighted by atomic mass is 16.3. The second-order valence-electron chi connectivity index (χ2n) is 3.83. The highest BCUT2D eigenvalue weighted by molar-refractivity contribution is 5.93. The van der Waals surface area contributed by atoms with Crippen LogP contribution in [-0.4, -0.2) is 5.78 Å². The van der Waals surface area contributed by atoms with Crippen LogP contribution in [0, 0.1) is 6.92 Å². The average Bonchev–Trinajstić information content (AvgIpc) is 2.81. The van der Waals surface area contributed by atoms with E-state index < -0.39 is 0 Å². The molecule has 0 aliphatic carbocycles. The topological polar surface area (TPSA) is 30.2 Å². The Hall–Kier alpha value is -1.83. The standard InChI is InChI=1S/C14H14O2/c1-11-5-2-3-6-12(11)8-9-13(15)14-7-4-10-16-14/h2-7,10H,8-9H2,1H3. The molecule has 0 bridgehead atoms. The van der Waals surface area contributed by atoms with Gasteiger partial charge in [0.05, 0.1) is 6.26 Å². The number of rotatable bonds is 4. The third-order valence-corrected chi connectivity index (χ3v) is 2.68. The van der Waals surface area contributed by atoms with Gasteiger partial charge in [-0.2, -0.15) is 0 Å². The van der Waals surface area contributed by atoms with Gasteiger partial charge >= 0.3 is 0 Å². The molecule has 0 saturated carbocycles. The molecular weight excluding hydrogens is 200 g/mol. The van der Waals surface area contributed by atoms with Gasteiger partial charge in [0.25, 0.3) is 0 Å². The van der Waals surface area contributed by atoms with E-state index in [-0.39, 0.29) is 5.78 Å². The Morgan fingerprint density at radius 3 is 2.69 bits per heavy atom. The minimum Gasteiger partial charge on any atom is -0.461 e. The summed E-state index contributed by atoms with van der Waals surface area (Å²) in [6.07, 6.45) is 2.80. The van der Waals surface area contributed by atoms with Crippen molar-refractivity contribution in [3.05, 3.63) is 59.5 Å². The molecule has 0 atom stereocenters. The number of ketones is 1. The fourth-order valence-corrected chi connectivity index (χ4v) is 1.70. The molecule has 1 aromatic carbocycles. The summed E-state index contributed by atoms with van der Waals surface area (Å²) in [7, 11) is 0. The zero-order valence-electron chi connectivity index (χ0n) is 9.27. The second kappa shape index (κ2) is 4.79. The summed E-state index contributed by atoms with van der Waals surface area (Å²) < 4.78 is 5.06. The van der Waals surface area contributed by atoms with Crippen molar-refractivity contribution in [3.8, 4) is 0 Å². The maximum atomic E-state index is 11.7. The fraction of sp³-hybridized carbons (Fsp3) is 0.214. The Morgan fingerprint density at radius 1 is 1.19 bits per heavy atom. The van der Waals surface area contributed by atoms with Gasteiger partial charge < -0.3 is 4.42 Å². The number of Topliss-reactive ketones (excluding diaryl/α,β-unsaturated/α-hetero) is 1. The summed E-state index contributed by atoms with van der Waals surface area (Å²) in [5.74, 6) is 0.516. The van der Waals surface area contributed by atoms with Gasteiger partial charge in [-0.1, -0.05) is 24.3 Å². The molecule has 0 saturated heterocycles. The van der Waals surface area contributed by atoms with Crippen LogP contribution in [0.1, 0.15) is 28.1 Å². The molecule has 0 fully saturated rings. The first-order valence-electron chi connectivity index (χ1n) is 5.38. The van der Waals surface area contributed by atoms with Crippen LogP contribution in [0.5, 0.6) is 0 Å². The van der Waals surface area contributed by atoms with E-state index in [1.807, 2.05) is 12.1 Å². The number of hydrogen-bond acceptors (Lipinski definition) is 2. The van der Waals surface area contributed by atoms with Gasteiger partial charge in [0, 0.05) is 6.42 Å². The number of carbonyl (C=O) groups is 1. The van der Waals surface area contributed by atoms with E-state index in [0.717, 1.165) is 6.42 Å². The number of benzene rings is 1. The average molecular weight is 214 g/mol. The molecular formula is C14H14O2. The van der Waals surface area contributed by atoms with E-state index in [4.69, 9.17) is 4.42 Å². The Balaban J connectivity index is 1.98. The molecule has 2 heteroatoms. The van der Waals surface area contributed by atoms with Crippen LogP contribution in [0.15, 0.2) is 47.1 Å². The zero-order chi connectivity index (χ0) is 11.4. The summed E-state index contributed by atoms with van der Waals surface area (Å²) in [5, 5.41) is 0. The lowest BCUT2D eigenvalue weighted by Crippen LogP contribution is -2.00. The minimum atomic E-state index is 0.0632. The summed E-state index contributed by atoms with van der Waals surface area (Å²) >= 11 is 0. The smallest absolute Gasteiger partial charge is 0.198 e. The van der Waals surface area contributed by atoms with Gasteiger partial charge in [-0.3, -0.25) is 4.79 Å².